The Hall–Kier alpha value is -0.390. The molecule has 2 aliphatic heterocycles. The zero-order chi connectivity index (χ0) is 11.8. The number of nitrogens with zero attached hydrogens (tertiary/aromatic N) is 1. The third-order valence-electron chi connectivity index (χ3n) is 3.70. The zero-order valence-corrected chi connectivity index (χ0v) is 11.9. The van der Waals surface area contributed by atoms with E-state index >= 15 is 0 Å². The maximum atomic E-state index is 12.3. The highest BCUT2D eigenvalue weighted by Gasteiger charge is 2.36. The van der Waals surface area contributed by atoms with E-state index in [1.165, 1.54) is 12.8 Å². The predicted octanol–water partition coefficient (Wildman–Crippen LogP) is 2.33. The van der Waals surface area contributed by atoms with E-state index in [1.807, 2.05) is 16.3 Å². The molecular formula is C12H15BrN2OS. The predicted molar refractivity (Wildman–Crippen MR) is 72.4 cm³/mol. The summed E-state index contributed by atoms with van der Waals surface area (Å²) in [7, 11) is 0. The largest absolute Gasteiger partial charge is 0.337 e. The molecule has 2 aliphatic rings. The smallest absolute Gasteiger partial charge is 0.254 e. The van der Waals surface area contributed by atoms with Crippen molar-refractivity contribution in [2.45, 2.75) is 18.9 Å². The molecule has 3 heterocycles. The molecule has 92 valence electrons. The van der Waals surface area contributed by atoms with Crippen LogP contribution >= 0.6 is 27.3 Å². The molecule has 17 heavy (non-hydrogen) atoms. The number of thiophene rings is 1. The third-order valence-corrected chi connectivity index (χ3v) is 5.21. The first-order chi connectivity index (χ1) is 8.24. The molecule has 2 unspecified atom stereocenters. The van der Waals surface area contributed by atoms with Gasteiger partial charge in [-0.15, -0.1) is 11.3 Å². The molecule has 0 radical (unpaired) electrons. The quantitative estimate of drug-likeness (QED) is 0.863. The van der Waals surface area contributed by atoms with Crippen molar-refractivity contribution in [3.8, 4) is 0 Å². The lowest BCUT2D eigenvalue weighted by atomic mass is 9.94. The minimum absolute atomic E-state index is 0.183. The molecule has 0 aromatic carbocycles. The number of hydrogen-bond donors (Lipinski definition) is 1. The van der Waals surface area contributed by atoms with Crippen LogP contribution in [0.4, 0.5) is 0 Å². The number of amides is 1. The van der Waals surface area contributed by atoms with Crippen LogP contribution in [-0.4, -0.2) is 36.5 Å². The first kappa shape index (κ1) is 11.7. The number of likely N-dealkylation sites (tertiary alicyclic amines) is 1. The average Bonchev–Trinajstić information content (AvgIpc) is 2.93. The van der Waals surface area contributed by atoms with E-state index in [0.29, 0.717) is 12.0 Å². The number of nitrogens with one attached hydrogen (secondary N) is 1. The van der Waals surface area contributed by atoms with Crippen molar-refractivity contribution in [2.24, 2.45) is 5.92 Å². The molecule has 0 saturated carbocycles. The van der Waals surface area contributed by atoms with Crippen LogP contribution < -0.4 is 5.32 Å². The average molecular weight is 315 g/mol. The van der Waals surface area contributed by atoms with Crippen LogP contribution in [0.3, 0.4) is 0 Å². The maximum Gasteiger partial charge on any atom is 0.254 e. The fourth-order valence-corrected chi connectivity index (χ4v) is 3.95. The summed E-state index contributed by atoms with van der Waals surface area (Å²) >= 11 is 4.98. The second-order valence-corrected chi connectivity index (χ2v) is 7.10. The van der Waals surface area contributed by atoms with Gasteiger partial charge in [0.2, 0.25) is 0 Å². The van der Waals surface area contributed by atoms with E-state index in [2.05, 4.69) is 21.2 Å². The summed E-state index contributed by atoms with van der Waals surface area (Å²) in [6.45, 7) is 2.90. The van der Waals surface area contributed by atoms with Crippen molar-refractivity contribution >= 4 is 33.2 Å². The van der Waals surface area contributed by atoms with Crippen LogP contribution in [-0.2, 0) is 0 Å². The standard InChI is InChI=1S/C12H15BrN2OS/c13-11-4-9(7-17-11)12(16)15-5-8-2-1-3-14-10(8)6-15/h4,7-8,10,14H,1-3,5-6H2. The van der Waals surface area contributed by atoms with Gasteiger partial charge >= 0.3 is 0 Å². The van der Waals surface area contributed by atoms with Gasteiger partial charge in [0.25, 0.3) is 5.91 Å². The van der Waals surface area contributed by atoms with E-state index in [9.17, 15) is 4.79 Å². The number of carbonyl (C=O) groups is 1. The fourth-order valence-electron chi connectivity index (χ4n) is 2.82. The minimum Gasteiger partial charge on any atom is -0.337 e. The topological polar surface area (TPSA) is 32.3 Å². The number of carbonyl (C=O) groups excluding carboxylic acids is 1. The number of piperidine rings is 1. The summed E-state index contributed by atoms with van der Waals surface area (Å²) in [5, 5.41) is 5.45. The lowest BCUT2D eigenvalue weighted by molar-refractivity contribution is 0.0786. The molecule has 1 amide bonds. The summed E-state index contributed by atoms with van der Waals surface area (Å²) in [6, 6.07) is 2.44. The van der Waals surface area contributed by atoms with Gasteiger partial charge in [0.1, 0.15) is 0 Å². The lowest BCUT2D eigenvalue weighted by Crippen LogP contribution is -2.41. The lowest BCUT2D eigenvalue weighted by Gasteiger charge is -2.24. The molecule has 0 aliphatic carbocycles. The first-order valence-electron chi connectivity index (χ1n) is 6.01. The molecule has 1 aromatic heterocycles. The Morgan fingerprint density at radius 2 is 2.41 bits per heavy atom. The molecule has 2 saturated heterocycles. The van der Waals surface area contributed by atoms with Crippen molar-refractivity contribution in [3.05, 3.63) is 20.8 Å². The molecule has 5 heteroatoms. The van der Waals surface area contributed by atoms with E-state index < -0.39 is 0 Å². The minimum atomic E-state index is 0.183. The van der Waals surface area contributed by atoms with Gasteiger partial charge in [-0.25, -0.2) is 0 Å². The zero-order valence-electron chi connectivity index (χ0n) is 9.49. The van der Waals surface area contributed by atoms with Gasteiger partial charge in [-0.2, -0.15) is 0 Å². The Morgan fingerprint density at radius 1 is 1.53 bits per heavy atom. The Morgan fingerprint density at radius 3 is 3.12 bits per heavy atom. The first-order valence-corrected chi connectivity index (χ1v) is 7.68. The van der Waals surface area contributed by atoms with Crippen molar-refractivity contribution < 1.29 is 4.79 Å². The van der Waals surface area contributed by atoms with Crippen LogP contribution in [0.25, 0.3) is 0 Å². The summed E-state index contributed by atoms with van der Waals surface area (Å²) in [6.07, 6.45) is 2.50. The Bertz CT molecular complexity index is 420. The molecule has 3 nitrogen and oxygen atoms in total. The molecule has 0 spiro atoms. The van der Waals surface area contributed by atoms with Crippen molar-refractivity contribution in [1.29, 1.82) is 0 Å². The van der Waals surface area contributed by atoms with Gasteiger partial charge in [-0.05, 0) is 47.3 Å². The van der Waals surface area contributed by atoms with Gasteiger partial charge in [0.05, 0.1) is 9.35 Å². The monoisotopic (exact) mass is 314 g/mol. The van der Waals surface area contributed by atoms with Crippen molar-refractivity contribution in [2.75, 3.05) is 19.6 Å². The second-order valence-electron chi connectivity index (χ2n) is 4.81. The summed E-state index contributed by atoms with van der Waals surface area (Å²) in [4.78, 5) is 14.3. The highest BCUT2D eigenvalue weighted by atomic mass is 79.9. The molecule has 1 aromatic rings. The Balaban J connectivity index is 1.71. The summed E-state index contributed by atoms with van der Waals surface area (Å²) < 4.78 is 1.02. The van der Waals surface area contributed by atoms with E-state index in [4.69, 9.17) is 0 Å². The van der Waals surface area contributed by atoms with Gasteiger partial charge < -0.3 is 10.2 Å². The molecule has 2 fully saturated rings. The second kappa shape index (κ2) is 4.71. The molecular weight excluding hydrogens is 300 g/mol. The van der Waals surface area contributed by atoms with Gasteiger partial charge in [0, 0.05) is 24.5 Å². The van der Waals surface area contributed by atoms with Crippen LogP contribution in [0, 0.1) is 5.92 Å². The Kier molecular flexibility index (Phi) is 3.23. The molecule has 0 bridgehead atoms. The highest BCUT2D eigenvalue weighted by Crippen LogP contribution is 2.28. The van der Waals surface area contributed by atoms with Crippen LogP contribution in [0.1, 0.15) is 23.2 Å². The summed E-state index contributed by atoms with van der Waals surface area (Å²) in [5.41, 5.74) is 0.820. The number of halogens is 1. The van der Waals surface area contributed by atoms with Crippen LogP contribution in [0.5, 0.6) is 0 Å². The SMILES string of the molecule is O=C(c1csc(Br)c1)N1CC2CCCNC2C1. The van der Waals surface area contributed by atoms with Crippen LogP contribution in [0.2, 0.25) is 0 Å². The van der Waals surface area contributed by atoms with E-state index in [1.54, 1.807) is 11.3 Å². The number of fused-ring (bicyclic) bond motifs is 1. The van der Waals surface area contributed by atoms with Crippen molar-refractivity contribution in [1.82, 2.24) is 10.2 Å². The normalized spacial score (nSPS) is 28.2. The number of rotatable bonds is 1. The molecule has 2 atom stereocenters. The van der Waals surface area contributed by atoms with E-state index in [0.717, 1.165) is 29.0 Å². The maximum absolute atomic E-state index is 12.3. The third kappa shape index (κ3) is 2.28. The Labute approximate surface area is 113 Å². The van der Waals surface area contributed by atoms with E-state index in [-0.39, 0.29) is 5.91 Å². The molecule has 3 rings (SSSR count). The summed E-state index contributed by atoms with van der Waals surface area (Å²) in [5.74, 6) is 0.845. The van der Waals surface area contributed by atoms with Gasteiger partial charge in [-0.1, -0.05) is 0 Å². The van der Waals surface area contributed by atoms with Gasteiger partial charge in [0.15, 0.2) is 0 Å². The fraction of sp³-hybridized carbons (Fsp3) is 0.583. The number of hydrogen-bond acceptors (Lipinski definition) is 3. The van der Waals surface area contributed by atoms with Gasteiger partial charge in [-0.3, -0.25) is 4.79 Å². The molecule has 1 N–H and O–H groups in total. The van der Waals surface area contributed by atoms with Crippen molar-refractivity contribution in [3.63, 3.8) is 0 Å². The highest BCUT2D eigenvalue weighted by molar-refractivity contribution is 9.11. The van der Waals surface area contributed by atoms with Crippen LogP contribution in [0.15, 0.2) is 15.2 Å².